The lowest BCUT2D eigenvalue weighted by Gasteiger charge is -2.21. The summed E-state index contributed by atoms with van der Waals surface area (Å²) in [7, 11) is -9.99. The smallest absolute Gasteiger partial charge is 0.462 e. The Labute approximate surface area is 644 Å². The number of hydrogen-bond donors (Lipinski definition) is 3. The third-order valence-corrected chi connectivity index (χ3v) is 19.0. The molecule has 0 aromatic heterocycles. The summed E-state index contributed by atoms with van der Waals surface area (Å²) < 4.78 is 68.7. The van der Waals surface area contributed by atoms with Gasteiger partial charge in [-0.3, -0.25) is 37.3 Å². The highest BCUT2D eigenvalue weighted by Crippen LogP contribution is 2.45. The second-order valence-corrected chi connectivity index (χ2v) is 30.2. The molecule has 0 amide bonds. The number of esters is 4. The molecule has 0 fully saturated rings. The Hall–Kier alpha value is -4.80. The van der Waals surface area contributed by atoms with Crippen LogP contribution in [0.1, 0.15) is 336 Å². The zero-order valence-electron chi connectivity index (χ0n) is 66.6. The molecule has 0 aliphatic rings. The molecular weight excluding hydrogens is 1380 g/mol. The number of allylic oxidation sites excluding steroid dienone is 22. The standard InChI is InChI=1S/C87H148O17P2/c1-5-9-13-17-21-25-29-33-37-39-40-42-45-48-52-56-60-64-68-72-85(90)98-78-83(104-87(92)74-70-66-62-58-54-50-46-41-38-34-30-26-22-18-14-10-6-2)80-102-106(95,96)100-76-81(88)75-99-105(93,94)101-79-82(103-86(91)73-69-65-61-57-53-49-44-36-32-28-24-20-16-12-8-4)77-97-84(89)71-67-63-59-55-51-47-43-35-31-27-23-19-15-11-7-3/h10,14,21-28,33-38,40,42-44,46,50,81-83,88H,5-9,11-13,15-20,29-32,39,41,45,47-49,51-80H2,1-4H3,(H,93,94)(H,95,96)/b14-10-,25-21-,26-22-,27-23-,28-24-,37-33-,38-34-,42-40-,43-35-,44-36-,50-46-. The van der Waals surface area contributed by atoms with Crippen LogP contribution in [0.2, 0.25) is 0 Å². The summed E-state index contributed by atoms with van der Waals surface area (Å²) in [5, 5.41) is 10.7. The minimum Gasteiger partial charge on any atom is -0.462 e. The van der Waals surface area contributed by atoms with Crippen molar-refractivity contribution in [1.82, 2.24) is 0 Å². The molecule has 5 unspecified atom stereocenters. The van der Waals surface area contributed by atoms with E-state index < -0.39 is 97.5 Å². The third-order valence-electron chi connectivity index (χ3n) is 17.1. The van der Waals surface area contributed by atoms with E-state index in [0.717, 1.165) is 199 Å². The van der Waals surface area contributed by atoms with Gasteiger partial charge in [0.2, 0.25) is 0 Å². The van der Waals surface area contributed by atoms with Crippen molar-refractivity contribution in [2.45, 2.75) is 354 Å². The zero-order valence-corrected chi connectivity index (χ0v) is 68.4. The van der Waals surface area contributed by atoms with Gasteiger partial charge in [-0.2, -0.15) is 0 Å². The first-order valence-corrected chi connectivity index (χ1v) is 44.4. The molecule has 0 rings (SSSR count). The summed E-state index contributed by atoms with van der Waals surface area (Å²) in [6, 6.07) is 0. The number of rotatable bonds is 77. The van der Waals surface area contributed by atoms with Crippen LogP contribution in [0.4, 0.5) is 0 Å². The number of hydrogen-bond acceptors (Lipinski definition) is 15. The predicted octanol–water partition coefficient (Wildman–Crippen LogP) is 24.4. The zero-order chi connectivity index (χ0) is 77.4. The quantitative estimate of drug-likeness (QED) is 0.0169. The first kappa shape index (κ1) is 101. The highest BCUT2D eigenvalue weighted by atomic mass is 31.2. The normalized spacial score (nSPS) is 14.5. The molecule has 19 heteroatoms. The molecule has 0 aliphatic heterocycles. The second kappa shape index (κ2) is 78.3. The lowest BCUT2D eigenvalue weighted by molar-refractivity contribution is -0.161. The molecule has 106 heavy (non-hydrogen) atoms. The van der Waals surface area contributed by atoms with Crippen molar-refractivity contribution in [2.75, 3.05) is 39.6 Å². The van der Waals surface area contributed by atoms with Crippen LogP contribution in [0, 0.1) is 0 Å². The first-order chi connectivity index (χ1) is 51.7. The lowest BCUT2D eigenvalue weighted by Crippen LogP contribution is -2.30. The predicted molar refractivity (Wildman–Crippen MR) is 436 cm³/mol. The molecular formula is C87H148O17P2. The van der Waals surface area contributed by atoms with Gasteiger partial charge in [0.25, 0.3) is 0 Å². The van der Waals surface area contributed by atoms with Crippen LogP contribution in [0.3, 0.4) is 0 Å². The van der Waals surface area contributed by atoms with Crippen molar-refractivity contribution in [1.29, 1.82) is 0 Å². The van der Waals surface area contributed by atoms with E-state index in [4.69, 9.17) is 37.0 Å². The number of carbonyl (C=O) groups is 4. The summed E-state index contributed by atoms with van der Waals surface area (Å²) in [6.45, 7) is 4.63. The van der Waals surface area contributed by atoms with E-state index >= 15 is 0 Å². The molecule has 0 bridgehead atoms. The van der Waals surface area contributed by atoms with Gasteiger partial charge < -0.3 is 33.8 Å². The van der Waals surface area contributed by atoms with Crippen molar-refractivity contribution in [3.05, 3.63) is 134 Å². The van der Waals surface area contributed by atoms with Crippen LogP contribution in [-0.4, -0.2) is 96.7 Å². The average Bonchev–Trinajstić information content (AvgIpc) is 0.907. The third kappa shape index (κ3) is 77.4. The van der Waals surface area contributed by atoms with Crippen LogP contribution >= 0.6 is 15.6 Å². The highest BCUT2D eigenvalue weighted by Gasteiger charge is 2.30. The van der Waals surface area contributed by atoms with E-state index in [-0.39, 0.29) is 25.7 Å². The molecule has 608 valence electrons. The van der Waals surface area contributed by atoms with Gasteiger partial charge in [0.05, 0.1) is 26.4 Å². The maximum Gasteiger partial charge on any atom is 0.472 e. The van der Waals surface area contributed by atoms with Gasteiger partial charge in [0.15, 0.2) is 12.2 Å². The fourth-order valence-electron chi connectivity index (χ4n) is 10.7. The Morgan fingerprint density at radius 1 is 0.274 bits per heavy atom. The molecule has 0 aliphatic carbocycles. The number of aliphatic hydroxyl groups excluding tert-OH is 1. The number of phosphoric ester groups is 2. The van der Waals surface area contributed by atoms with E-state index in [0.29, 0.717) is 25.7 Å². The molecule has 0 aromatic carbocycles. The fraction of sp³-hybridized carbons (Fsp3) is 0.701. The van der Waals surface area contributed by atoms with Gasteiger partial charge in [-0.1, -0.05) is 277 Å². The second-order valence-electron chi connectivity index (χ2n) is 27.3. The maximum atomic E-state index is 13.1. The van der Waals surface area contributed by atoms with Gasteiger partial charge >= 0.3 is 39.5 Å². The van der Waals surface area contributed by atoms with Crippen molar-refractivity contribution < 1.29 is 80.2 Å². The molecule has 0 saturated heterocycles. The van der Waals surface area contributed by atoms with Gasteiger partial charge in [0, 0.05) is 25.7 Å². The van der Waals surface area contributed by atoms with E-state index in [2.05, 4.69) is 161 Å². The van der Waals surface area contributed by atoms with Crippen LogP contribution < -0.4 is 0 Å². The summed E-state index contributed by atoms with van der Waals surface area (Å²) in [4.78, 5) is 73.1. The lowest BCUT2D eigenvalue weighted by atomic mass is 10.1. The Morgan fingerprint density at radius 3 is 0.755 bits per heavy atom. The molecule has 3 N–H and O–H groups in total. The van der Waals surface area contributed by atoms with Gasteiger partial charge in [-0.05, 0) is 167 Å². The fourth-order valence-corrected chi connectivity index (χ4v) is 12.3. The maximum absolute atomic E-state index is 13.1. The number of ether oxygens (including phenoxy) is 4. The Morgan fingerprint density at radius 2 is 0.491 bits per heavy atom. The molecule has 5 atom stereocenters. The van der Waals surface area contributed by atoms with Gasteiger partial charge in [-0.25, -0.2) is 9.13 Å². The Balaban J connectivity index is 5.43. The summed E-state index contributed by atoms with van der Waals surface area (Å²) >= 11 is 0. The summed E-state index contributed by atoms with van der Waals surface area (Å²) in [6.07, 6.45) is 88.4. The SMILES string of the molecule is CC/C=C\C/C=C\C/C=C\C/C=C\CCCCCCC(=O)OC(COC(=O)CCCCCCCC/C=C\C/C=C\C/C=C\CCCCC)COP(=O)(O)OCC(O)COP(=O)(O)OCC(COC(=O)CCCCCCC/C=C\C/C=C\CCCCC)OC(=O)CCCCCCC/C=C\C/C=C\CCCCC. The molecule has 0 radical (unpaired) electrons. The highest BCUT2D eigenvalue weighted by molar-refractivity contribution is 7.47. The number of unbranched alkanes of at least 4 members (excludes halogenated alkanes) is 29. The van der Waals surface area contributed by atoms with E-state index in [9.17, 15) is 43.2 Å². The van der Waals surface area contributed by atoms with Crippen molar-refractivity contribution in [2.24, 2.45) is 0 Å². The molecule has 0 heterocycles. The van der Waals surface area contributed by atoms with Crippen LogP contribution in [0.25, 0.3) is 0 Å². The Bertz CT molecular complexity index is 2530. The van der Waals surface area contributed by atoms with Gasteiger partial charge in [0.1, 0.15) is 19.3 Å². The molecule has 0 aromatic rings. The Kier molecular flexibility index (Phi) is 74.8. The first-order valence-electron chi connectivity index (χ1n) is 41.4. The number of phosphoric acid groups is 2. The monoisotopic (exact) mass is 1530 g/mol. The average molecular weight is 1530 g/mol. The van der Waals surface area contributed by atoms with Crippen LogP contribution in [-0.2, 0) is 65.4 Å². The summed E-state index contributed by atoms with van der Waals surface area (Å²) in [5.74, 6) is -2.24. The van der Waals surface area contributed by atoms with E-state index in [1.54, 1.807) is 0 Å². The minimum atomic E-state index is -5.00. The number of aliphatic hydroxyl groups is 1. The summed E-state index contributed by atoms with van der Waals surface area (Å²) in [5.41, 5.74) is 0. The topological polar surface area (TPSA) is 237 Å². The minimum absolute atomic E-state index is 0.0603. The molecule has 0 spiro atoms. The number of carbonyl (C=O) groups excluding carboxylic acids is 4. The van der Waals surface area contributed by atoms with E-state index in [1.165, 1.54) is 57.8 Å². The van der Waals surface area contributed by atoms with Crippen molar-refractivity contribution in [3.8, 4) is 0 Å². The van der Waals surface area contributed by atoms with Crippen LogP contribution in [0.15, 0.2) is 134 Å². The van der Waals surface area contributed by atoms with Gasteiger partial charge in [-0.15, -0.1) is 0 Å². The van der Waals surface area contributed by atoms with Crippen molar-refractivity contribution >= 4 is 39.5 Å². The molecule has 0 saturated carbocycles. The largest absolute Gasteiger partial charge is 0.472 e. The van der Waals surface area contributed by atoms with Crippen molar-refractivity contribution in [3.63, 3.8) is 0 Å². The van der Waals surface area contributed by atoms with Crippen LogP contribution in [0.5, 0.6) is 0 Å². The molecule has 17 nitrogen and oxygen atoms in total. The van der Waals surface area contributed by atoms with E-state index in [1.807, 2.05) is 0 Å².